The molecule has 0 spiro atoms. The van der Waals surface area contributed by atoms with Crippen molar-refractivity contribution in [3.8, 4) is 0 Å². The van der Waals surface area contributed by atoms with E-state index in [4.69, 9.17) is 0 Å². The maximum atomic E-state index is 12.7. The molecule has 2 aromatic carbocycles. The smallest absolute Gasteiger partial charge is 0.261 e. The largest absolute Gasteiger partial charge is 0.337 e. The highest BCUT2D eigenvalue weighted by Gasteiger charge is 2.13. The van der Waals surface area contributed by atoms with E-state index in [9.17, 15) is 9.59 Å². The van der Waals surface area contributed by atoms with Crippen molar-refractivity contribution in [3.05, 3.63) is 100 Å². The van der Waals surface area contributed by atoms with Crippen LogP contribution in [0.3, 0.4) is 0 Å². The Morgan fingerprint density at radius 3 is 2.66 bits per heavy atom. The van der Waals surface area contributed by atoms with Gasteiger partial charge in [0.15, 0.2) is 0 Å². The zero-order valence-electron chi connectivity index (χ0n) is 16.4. The first-order valence-electron chi connectivity index (χ1n) is 9.76. The van der Waals surface area contributed by atoms with Gasteiger partial charge < -0.3 is 4.90 Å². The van der Waals surface area contributed by atoms with Gasteiger partial charge in [-0.05, 0) is 48.2 Å². The lowest BCUT2D eigenvalue weighted by atomic mass is 10.1. The molecular formula is C24H23N3O2. The summed E-state index contributed by atoms with van der Waals surface area (Å²) in [7, 11) is 1.82. The molecule has 0 saturated heterocycles. The Labute approximate surface area is 169 Å². The number of amides is 1. The van der Waals surface area contributed by atoms with E-state index in [1.165, 1.54) is 5.57 Å². The maximum Gasteiger partial charge on any atom is 0.261 e. The predicted molar refractivity (Wildman–Crippen MR) is 115 cm³/mol. The van der Waals surface area contributed by atoms with Crippen LogP contribution in [-0.2, 0) is 6.54 Å². The van der Waals surface area contributed by atoms with Gasteiger partial charge in [0.1, 0.15) is 0 Å². The van der Waals surface area contributed by atoms with Crippen molar-refractivity contribution in [3.63, 3.8) is 0 Å². The minimum Gasteiger partial charge on any atom is -0.337 e. The van der Waals surface area contributed by atoms with E-state index in [-0.39, 0.29) is 11.5 Å². The Morgan fingerprint density at radius 1 is 1.10 bits per heavy atom. The number of hydrogen-bond donors (Lipinski definition) is 0. The molecule has 0 atom stereocenters. The van der Waals surface area contributed by atoms with Gasteiger partial charge in [0, 0.05) is 19.2 Å². The average molecular weight is 385 g/mol. The lowest BCUT2D eigenvalue weighted by molar-refractivity contribution is 0.0807. The highest BCUT2D eigenvalue weighted by Crippen LogP contribution is 2.13. The molecule has 4 rings (SSSR count). The normalized spacial score (nSPS) is 13.3. The van der Waals surface area contributed by atoms with E-state index in [0.717, 1.165) is 18.4 Å². The fraction of sp³-hybridized carbons (Fsp3) is 0.208. The molecule has 3 aromatic rings. The van der Waals surface area contributed by atoms with Crippen LogP contribution in [0.1, 0.15) is 28.8 Å². The number of allylic oxidation sites excluding steroid dienone is 2. The third-order valence-electron chi connectivity index (χ3n) is 5.12. The first kappa shape index (κ1) is 18.9. The van der Waals surface area contributed by atoms with Gasteiger partial charge in [0.25, 0.3) is 11.5 Å². The number of benzene rings is 2. The molecule has 29 heavy (non-hydrogen) atoms. The van der Waals surface area contributed by atoms with Crippen LogP contribution in [0.2, 0.25) is 0 Å². The number of rotatable bonds is 5. The van der Waals surface area contributed by atoms with Gasteiger partial charge in [-0.15, -0.1) is 0 Å². The van der Waals surface area contributed by atoms with Crippen LogP contribution in [0.5, 0.6) is 0 Å². The molecule has 146 valence electrons. The summed E-state index contributed by atoms with van der Waals surface area (Å²) in [4.78, 5) is 31.4. The number of likely N-dealkylation sites (N-methyl/N-ethyl adjacent to an activating group) is 1. The fourth-order valence-electron chi connectivity index (χ4n) is 3.52. The van der Waals surface area contributed by atoms with E-state index >= 15 is 0 Å². The van der Waals surface area contributed by atoms with E-state index in [1.807, 2.05) is 49.5 Å². The van der Waals surface area contributed by atoms with Crippen LogP contribution >= 0.6 is 0 Å². The third-order valence-corrected chi connectivity index (χ3v) is 5.12. The summed E-state index contributed by atoms with van der Waals surface area (Å²) in [5, 5.41) is 0.606. The van der Waals surface area contributed by atoms with Gasteiger partial charge in [-0.25, -0.2) is 4.98 Å². The number of nitrogens with zero attached hydrogens (tertiary/aromatic N) is 3. The summed E-state index contributed by atoms with van der Waals surface area (Å²) in [6, 6.07) is 14.7. The van der Waals surface area contributed by atoms with Crippen molar-refractivity contribution < 1.29 is 4.79 Å². The van der Waals surface area contributed by atoms with E-state index in [0.29, 0.717) is 29.6 Å². The van der Waals surface area contributed by atoms with Crippen LogP contribution in [0.4, 0.5) is 0 Å². The molecule has 5 nitrogen and oxygen atoms in total. The van der Waals surface area contributed by atoms with Crippen molar-refractivity contribution in [1.29, 1.82) is 0 Å². The molecule has 0 radical (unpaired) electrons. The molecule has 0 N–H and O–H groups in total. The van der Waals surface area contributed by atoms with E-state index in [2.05, 4.69) is 23.2 Å². The predicted octanol–water partition coefficient (Wildman–Crippen LogP) is 3.79. The highest BCUT2D eigenvalue weighted by molar-refractivity contribution is 5.94. The molecule has 1 aliphatic carbocycles. The Morgan fingerprint density at radius 2 is 1.90 bits per heavy atom. The van der Waals surface area contributed by atoms with Gasteiger partial charge in [-0.3, -0.25) is 14.2 Å². The summed E-state index contributed by atoms with van der Waals surface area (Å²) < 4.78 is 1.59. The zero-order chi connectivity index (χ0) is 20.2. The summed E-state index contributed by atoms with van der Waals surface area (Å²) in [6.07, 6.45) is 10.1. The number of carbonyl (C=O) groups is 1. The minimum atomic E-state index is -0.0655. The molecule has 0 fully saturated rings. The number of carbonyl (C=O) groups excluding carboxylic acids is 1. The van der Waals surface area contributed by atoms with E-state index < -0.39 is 0 Å². The quantitative estimate of drug-likeness (QED) is 0.671. The van der Waals surface area contributed by atoms with Crippen LogP contribution in [0.25, 0.3) is 10.9 Å². The van der Waals surface area contributed by atoms with Crippen molar-refractivity contribution >= 4 is 16.8 Å². The second-order valence-electron chi connectivity index (χ2n) is 7.31. The average Bonchev–Trinajstić information content (AvgIpc) is 2.76. The molecule has 0 bridgehead atoms. The molecular weight excluding hydrogens is 362 g/mol. The number of fused-ring (bicyclic) bond motifs is 1. The summed E-state index contributed by atoms with van der Waals surface area (Å²) in [5.41, 5.74) is 3.39. The summed E-state index contributed by atoms with van der Waals surface area (Å²) in [6.45, 7) is 1.02. The molecule has 0 aliphatic heterocycles. The van der Waals surface area contributed by atoms with Gasteiger partial charge in [-0.2, -0.15) is 0 Å². The van der Waals surface area contributed by atoms with Crippen LogP contribution in [0, 0.1) is 0 Å². The van der Waals surface area contributed by atoms with Crippen molar-refractivity contribution in [2.45, 2.75) is 19.4 Å². The number of hydrogen-bond acceptors (Lipinski definition) is 3. The molecule has 0 saturated carbocycles. The molecule has 0 unspecified atom stereocenters. The fourth-order valence-corrected chi connectivity index (χ4v) is 3.52. The summed E-state index contributed by atoms with van der Waals surface area (Å²) >= 11 is 0. The highest BCUT2D eigenvalue weighted by atomic mass is 16.2. The first-order chi connectivity index (χ1) is 14.1. The molecule has 5 heteroatoms. The first-order valence-corrected chi connectivity index (χ1v) is 9.76. The Bertz CT molecular complexity index is 1160. The zero-order valence-corrected chi connectivity index (χ0v) is 16.4. The van der Waals surface area contributed by atoms with Gasteiger partial charge in [-0.1, -0.05) is 42.5 Å². The van der Waals surface area contributed by atoms with Crippen molar-refractivity contribution in [1.82, 2.24) is 14.5 Å². The van der Waals surface area contributed by atoms with Crippen molar-refractivity contribution in [2.24, 2.45) is 0 Å². The van der Waals surface area contributed by atoms with Crippen LogP contribution in [0.15, 0.2) is 83.5 Å². The second-order valence-corrected chi connectivity index (χ2v) is 7.31. The maximum absolute atomic E-state index is 12.7. The molecule has 1 heterocycles. The standard InChI is InChI=1S/C24H23N3O2/c1-26(15-18-7-3-2-4-8-18)23(28)20-13-11-19(12-14-20)16-27-17-25-22-10-6-5-9-21(22)24(27)29/h3,5-14,17H,2,4,15-16H2,1H3. The summed E-state index contributed by atoms with van der Waals surface area (Å²) in [5.74, 6) is -0.0130. The second kappa shape index (κ2) is 8.27. The van der Waals surface area contributed by atoms with Gasteiger partial charge in [0.2, 0.25) is 0 Å². The third kappa shape index (κ3) is 4.19. The number of aromatic nitrogens is 2. The molecule has 1 aliphatic rings. The molecule has 1 amide bonds. The minimum absolute atomic E-state index is 0.0130. The van der Waals surface area contributed by atoms with Gasteiger partial charge in [0.05, 0.1) is 23.8 Å². The van der Waals surface area contributed by atoms with Gasteiger partial charge >= 0.3 is 0 Å². The Hall–Kier alpha value is -3.47. The lowest BCUT2D eigenvalue weighted by Gasteiger charge is -2.19. The van der Waals surface area contributed by atoms with E-state index in [1.54, 1.807) is 21.9 Å². The lowest BCUT2D eigenvalue weighted by Crippen LogP contribution is -2.28. The Kier molecular flexibility index (Phi) is 5.38. The van der Waals surface area contributed by atoms with Crippen molar-refractivity contribution in [2.75, 3.05) is 13.6 Å². The topological polar surface area (TPSA) is 55.2 Å². The molecule has 1 aromatic heterocycles. The monoisotopic (exact) mass is 385 g/mol. The van der Waals surface area contributed by atoms with Crippen LogP contribution < -0.4 is 5.56 Å². The van der Waals surface area contributed by atoms with Crippen LogP contribution in [-0.4, -0.2) is 34.0 Å². The Balaban J connectivity index is 1.47. The SMILES string of the molecule is CN(CC1=CCCC=C1)C(=O)c1ccc(Cn2cnc3ccccc3c2=O)cc1. The number of para-hydroxylation sites is 1.